The third-order valence-electron chi connectivity index (χ3n) is 12.6. The first-order valence-electron chi connectivity index (χ1n) is 21.4. The van der Waals surface area contributed by atoms with Crippen molar-refractivity contribution in [2.24, 2.45) is 0 Å². The van der Waals surface area contributed by atoms with E-state index < -0.39 is 0 Å². The first-order valence-corrected chi connectivity index (χ1v) is 34.0. The smallest absolute Gasteiger partial charge is 0.124 e. The summed E-state index contributed by atoms with van der Waals surface area (Å²) in [6, 6.07) is 67.9. The van der Waals surface area contributed by atoms with Crippen LogP contribution in [-0.4, -0.2) is 20.4 Å². The second kappa shape index (κ2) is 19.5. The van der Waals surface area contributed by atoms with Gasteiger partial charge in [0.2, 0.25) is 0 Å². The molecule has 0 unspecified atom stereocenters. The Kier molecular flexibility index (Phi) is 13.4. The van der Waals surface area contributed by atoms with Crippen molar-refractivity contribution in [1.82, 2.24) is 0 Å². The van der Waals surface area contributed by atoms with Crippen LogP contribution in [0.3, 0.4) is 0 Å². The van der Waals surface area contributed by atoms with Gasteiger partial charge in [-0.1, -0.05) is 184 Å². The molecule has 12 rings (SSSR count). The van der Waals surface area contributed by atoms with E-state index in [0.29, 0.717) is 35.5 Å². The van der Waals surface area contributed by atoms with Gasteiger partial charge < -0.3 is 20.4 Å². The molecule has 0 amide bonds. The molecule has 0 bridgehead atoms. The number of rotatable bonds is 2. The summed E-state index contributed by atoms with van der Waals surface area (Å²) < 4.78 is 0. The van der Waals surface area contributed by atoms with Gasteiger partial charge >= 0.3 is 50.5 Å². The molecule has 0 atom stereocenters. The van der Waals surface area contributed by atoms with Gasteiger partial charge in [0, 0.05) is 27.7 Å². The quantitative estimate of drug-likeness (QED) is 0.130. The number of hydrogen-bond acceptors (Lipinski definition) is 4. The van der Waals surface area contributed by atoms with Gasteiger partial charge in [-0.15, -0.1) is 0 Å². The first kappa shape index (κ1) is 45.3. The SMILES string of the molecule is CC1(C)c2ccccc2-c2cc3ccccc3cc21.I[I-]I.Oc1ccc2ccccc2c1-c1c(O)ccc2ccccc12.Oc1ccc2ccccc2c1-c1c(O)ccc2ccccc12. The topological polar surface area (TPSA) is 80.9 Å². The van der Waals surface area contributed by atoms with Crippen molar-refractivity contribution in [3.05, 3.63) is 217 Å². The zero-order valence-electron chi connectivity index (χ0n) is 36.1. The third kappa shape index (κ3) is 8.64. The van der Waals surface area contributed by atoms with Gasteiger partial charge in [0.1, 0.15) is 23.0 Å². The van der Waals surface area contributed by atoms with Crippen molar-refractivity contribution in [3.63, 3.8) is 0 Å². The predicted molar refractivity (Wildman–Crippen MR) is 290 cm³/mol. The normalized spacial score (nSPS) is 12.1. The Morgan fingerprint density at radius 2 is 0.606 bits per heavy atom. The minimum atomic E-state index is 0.107. The number of halogens is 3. The summed E-state index contributed by atoms with van der Waals surface area (Å²) in [6.45, 7) is 4.65. The standard InChI is InChI=1S/2C20H14O2.C19H16.I3/c2*21-17-11-9-13-5-1-3-7-15(13)19(17)20-16-8-4-2-6-14(16)10-12-18(20)22;1-19(2)17-10-6-5-9-15(17)16-11-13-7-3-4-8-14(13)12-18(16)19;1-3-2/h2*1-12,21-22H;3-12H,1-2H3;/q;;;-1. The van der Waals surface area contributed by atoms with Crippen LogP contribution in [0, 0.1) is 0 Å². The van der Waals surface area contributed by atoms with Crippen LogP contribution in [0.1, 0.15) is 25.0 Å². The molecule has 0 fully saturated rings. The van der Waals surface area contributed by atoms with E-state index in [9.17, 15) is 20.4 Å². The van der Waals surface area contributed by atoms with Crippen molar-refractivity contribution in [1.29, 1.82) is 0 Å². The van der Waals surface area contributed by atoms with Crippen molar-refractivity contribution in [3.8, 4) is 56.4 Å². The van der Waals surface area contributed by atoms with E-state index >= 15 is 0 Å². The number of benzene rings is 11. The van der Waals surface area contributed by atoms with E-state index in [1.807, 2.05) is 121 Å². The van der Waals surface area contributed by atoms with Gasteiger partial charge in [-0.3, -0.25) is 0 Å². The molecule has 11 aromatic carbocycles. The Bertz CT molecular complexity index is 3250. The minimum absolute atomic E-state index is 0.107. The summed E-state index contributed by atoms with van der Waals surface area (Å²) in [6.07, 6.45) is 0. The van der Waals surface area contributed by atoms with E-state index in [1.54, 1.807) is 24.3 Å². The van der Waals surface area contributed by atoms with Crippen LogP contribution in [0.15, 0.2) is 206 Å². The van der Waals surface area contributed by atoms with E-state index in [1.165, 1.54) is 33.0 Å². The Balaban J connectivity index is 0.000000121. The molecule has 1 aliphatic rings. The largest absolute Gasteiger partial charge is 0.507 e. The molecular weight excluding hydrogens is 1150 g/mol. The van der Waals surface area contributed by atoms with Crippen LogP contribution in [-0.2, 0) is 5.41 Å². The molecule has 66 heavy (non-hydrogen) atoms. The Hall–Kier alpha value is -5.89. The molecular formula is C59H44I3O4-. The van der Waals surface area contributed by atoms with Crippen molar-refractivity contribution >= 4 is 91.1 Å². The van der Waals surface area contributed by atoms with Crippen LogP contribution in [0.4, 0.5) is 0 Å². The maximum absolute atomic E-state index is 10.4. The molecule has 0 saturated carbocycles. The average molecular weight is 1200 g/mol. The molecule has 0 spiro atoms. The summed E-state index contributed by atoms with van der Waals surface area (Å²) in [7, 11) is 0. The zero-order valence-corrected chi connectivity index (χ0v) is 42.5. The fraction of sp³-hybridized carbons (Fsp3) is 0.0508. The van der Waals surface area contributed by atoms with Gasteiger partial charge in [-0.25, -0.2) is 0 Å². The van der Waals surface area contributed by atoms with Crippen molar-refractivity contribution in [2.75, 3.05) is 0 Å². The third-order valence-corrected chi connectivity index (χ3v) is 12.6. The molecule has 326 valence electrons. The van der Waals surface area contributed by atoms with E-state index in [0.717, 1.165) is 43.1 Å². The molecule has 4 N–H and O–H groups in total. The molecule has 0 saturated heterocycles. The minimum Gasteiger partial charge on any atom is -0.507 e. The summed E-state index contributed by atoms with van der Waals surface area (Å²) in [5.41, 5.74) is 8.50. The first-order chi connectivity index (χ1) is 32.1. The summed E-state index contributed by atoms with van der Waals surface area (Å²) in [5.74, 6) is 0.686. The van der Waals surface area contributed by atoms with Crippen LogP contribution in [0.2, 0.25) is 0 Å². The molecule has 4 nitrogen and oxygen atoms in total. The van der Waals surface area contributed by atoms with Crippen LogP contribution in [0.25, 0.3) is 87.2 Å². The van der Waals surface area contributed by atoms with Gasteiger partial charge in [0.15, 0.2) is 0 Å². The number of phenols is 4. The molecule has 0 heterocycles. The summed E-state index contributed by atoms with van der Waals surface area (Å²) in [4.78, 5) is 0. The molecule has 0 radical (unpaired) electrons. The van der Waals surface area contributed by atoms with E-state index in [4.69, 9.17) is 0 Å². The number of fused-ring (bicyclic) bond motifs is 8. The molecule has 1 aliphatic carbocycles. The maximum Gasteiger partial charge on any atom is 0.124 e. The molecule has 7 heteroatoms. The fourth-order valence-electron chi connectivity index (χ4n) is 9.48. The number of hydrogen-bond donors (Lipinski definition) is 4. The average Bonchev–Trinajstić information content (AvgIpc) is 3.56. The maximum atomic E-state index is 10.4. The van der Waals surface area contributed by atoms with Crippen molar-refractivity contribution < 1.29 is 33.7 Å². The predicted octanol–water partition coefficient (Wildman–Crippen LogP) is 14.1. The van der Waals surface area contributed by atoms with E-state index in [-0.39, 0.29) is 28.4 Å². The van der Waals surface area contributed by atoms with Gasteiger partial charge in [0.05, 0.1) is 0 Å². The van der Waals surface area contributed by atoms with Gasteiger partial charge in [-0.05, 0) is 113 Å². The van der Waals surface area contributed by atoms with Gasteiger partial charge in [0.25, 0.3) is 0 Å². The second-order valence-corrected chi connectivity index (χ2v) is 32.9. The monoisotopic (exact) mass is 1200 g/mol. The second-order valence-electron chi connectivity index (χ2n) is 16.7. The number of phenolic OH excluding ortho intramolecular Hbond substituents is 4. The molecule has 0 aromatic heterocycles. The zero-order chi connectivity index (χ0) is 46.0. The van der Waals surface area contributed by atoms with Crippen LogP contribution in [0.5, 0.6) is 23.0 Å². The number of aromatic hydroxyl groups is 4. The van der Waals surface area contributed by atoms with Crippen molar-refractivity contribution in [2.45, 2.75) is 19.3 Å². The molecule has 11 aromatic rings. The summed E-state index contributed by atoms with van der Waals surface area (Å²) in [5, 5.41) is 52.2. The fourth-order valence-corrected chi connectivity index (χ4v) is 9.48. The molecule has 0 aliphatic heterocycles. The Morgan fingerprint density at radius 3 is 0.970 bits per heavy atom. The van der Waals surface area contributed by atoms with E-state index in [2.05, 4.69) is 112 Å². The Labute approximate surface area is 413 Å². The van der Waals surface area contributed by atoms with Crippen LogP contribution < -0.4 is 13.3 Å². The Morgan fingerprint density at radius 1 is 0.318 bits per heavy atom. The van der Waals surface area contributed by atoms with Gasteiger partial charge in [-0.2, -0.15) is 0 Å². The summed E-state index contributed by atoms with van der Waals surface area (Å²) >= 11 is 5.30. The van der Waals surface area contributed by atoms with Crippen LogP contribution >= 0.6 is 37.2 Å².